The third kappa shape index (κ3) is 5.29. The van der Waals surface area contributed by atoms with Gasteiger partial charge in [0.15, 0.2) is 11.5 Å². The van der Waals surface area contributed by atoms with Gasteiger partial charge in [-0.15, -0.1) is 0 Å². The number of methoxy groups -OCH3 is 2. The minimum Gasteiger partial charge on any atom is -0.493 e. The summed E-state index contributed by atoms with van der Waals surface area (Å²) in [6, 6.07) is 12.5. The lowest BCUT2D eigenvalue weighted by Gasteiger charge is -2.16. The summed E-state index contributed by atoms with van der Waals surface area (Å²) in [4.78, 5) is 14.3. The highest BCUT2D eigenvalue weighted by Crippen LogP contribution is 2.32. The lowest BCUT2D eigenvalue weighted by Crippen LogP contribution is -2.25. The van der Waals surface area contributed by atoms with E-state index in [1.54, 1.807) is 31.4 Å². The Kier molecular flexibility index (Phi) is 7.14. The van der Waals surface area contributed by atoms with Crippen molar-refractivity contribution in [2.75, 3.05) is 40.5 Å². The predicted octanol–water partition coefficient (Wildman–Crippen LogP) is 3.80. The summed E-state index contributed by atoms with van der Waals surface area (Å²) in [6.07, 6.45) is 4.12. The number of carbonyl (C=O) groups is 1. The Morgan fingerprint density at radius 1 is 1.03 bits per heavy atom. The highest BCUT2D eigenvalue weighted by molar-refractivity contribution is 6.21. The van der Waals surface area contributed by atoms with Gasteiger partial charge in [-0.1, -0.05) is 24.3 Å². The van der Waals surface area contributed by atoms with Crippen molar-refractivity contribution in [2.24, 2.45) is 0 Å². The molecule has 0 unspecified atom stereocenters. The monoisotopic (exact) mass is 397 g/mol. The topological polar surface area (TPSA) is 68.2 Å². The molecule has 0 aromatic heterocycles. The summed E-state index contributed by atoms with van der Waals surface area (Å²) in [5.74, 6) is 0.675. The third-order valence-electron chi connectivity index (χ3n) is 5.01. The molecular weight excluding hydrogens is 370 g/mol. The third-order valence-corrected chi connectivity index (χ3v) is 5.01. The van der Waals surface area contributed by atoms with Crippen LogP contribution in [-0.2, 0) is 4.79 Å². The number of carboxylic acid groups (broad SMARTS) is 1. The lowest BCUT2D eigenvalue weighted by molar-refractivity contribution is -0.130. The number of ether oxygens (including phenoxy) is 3. The molecule has 2 aromatic rings. The largest absolute Gasteiger partial charge is 0.493 e. The Balaban J connectivity index is 1.84. The maximum absolute atomic E-state index is 12.0. The number of likely N-dealkylation sites (tertiary alicyclic amines) is 1. The maximum Gasteiger partial charge on any atom is 0.336 e. The van der Waals surface area contributed by atoms with Gasteiger partial charge in [-0.25, -0.2) is 4.79 Å². The van der Waals surface area contributed by atoms with Crippen molar-refractivity contribution in [3.63, 3.8) is 0 Å². The van der Waals surface area contributed by atoms with Crippen LogP contribution in [-0.4, -0.2) is 56.4 Å². The van der Waals surface area contributed by atoms with Gasteiger partial charge in [-0.3, -0.25) is 4.90 Å². The molecule has 0 aliphatic carbocycles. The Bertz CT molecular complexity index is 871. The maximum atomic E-state index is 12.0. The van der Waals surface area contributed by atoms with Crippen molar-refractivity contribution >= 4 is 17.6 Å². The summed E-state index contributed by atoms with van der Waals surface area (Å²) >= 11 is 0. The van der Waals surface area contributed by atoms with Gasteiger partial charge in [0.2, 0.25) is 0 Å². The molecule has 0 saturated carbocycles. The molecule has 29 heavy (non-hydrogen) atoms. The van der Waals surface area contributed by atoms with E-state index < -0.39 is 5.97 Å². The van der Waals surface area contributed by atoms with E-state index in [1.807, 2.05) is 24.3 Å². The number of carboxylic acids is 1. The van der Waals surface area contributed by atoms with Crippen LogP contribution >= 0.6 is 0 Å². The molecule has 1 N–H and O–H groups in total. The second-order valence-electron chi connectivity index (χ2n) is 6.87. The van der Waals surface area contributed by atoms with Crippen LogP contribution in [0.4, 0.5) is 0 Å². The summed E-state index contributed by atoms with van der Waals surface area (Å²) < 4.78 is 16.5. The minimum atomic E-state index is -1.02. The molecule has 1 saturated heterocycles. The number of para-hydroxylation sites is 1. The average molecular weight is 397 g/mol. The van der Waals surface area contributed by atoms with Gasteiger partial charge in [0.1, 0.15) is 12.4 Å². The molecule has 6 nitrogen and oxygen atoms in total. The molecule has 2 aromatic carbocycles. The quantitative estimate of drug-likeness (QED) is 0.513. The van der Waals surface area contributed by atoms with Gasteiger partial charge < -0.3 is 19.3 Å². The molecule has 1 fully saturated rings. The SMILES string of the molecule is COc1ccc(/C(=C/c2ccccc2OCCN2CCCC2)C(=O)O)cc1OC. The number of benzene rings is 2. The van der Waals surface area contributed by atoms with Crippen molar-refractivity contribution in [2.45, 2.75) is 12.8 Å². The first-order valence-electron chi connectivity index (χ1n) is 9.74. The Morgan fingerprint density at radius 2 is 1.76 bits per heavy atom. The zero-order valence-electron chi connectivity index (χ0n) is 16.9. The van der Waals surface area contributed by atoms with Crippen LogP contribution in [0.15, 0.2) is 42.5 Å². The smallest absolute Gasteiger partial charge is 0.336 e. The molecule has 6 heteroatoms. The normalized spacial score (nSPS) is 14.6. The summed E-state index contributed by atoms with van der Waals surface area (Å²) in [5, 5.41) is 9.80. The van der Waals surface area contributed by atoms with Gasteiger partial charge >= 0.3 is 5.97 Å². The zero-order chi connectivity index (χ0) is 20.6. The number of hydrogen-bond acceptors (Lipinski definition) is 5. The molecule has 0 spiro atoms. The fourth-order valence-corrected chi connectivity index (χ4v) is 3.45. The first-order valence-corrected chi connectivity index (χ1v) is 9.74. The van der Waals surface area contributed by atoms with Crippen molar-refractivity contribution in [1.82, 2.24) is 4.90 Å². The average Bonchev–Trinajstić information content (AvgIpc) is 3.25. The number of nitrogens with zero attached hydrogens (tertiary/aromatic N) is 1. The second kappa shape index (κ2) is 9.98. The molecule has 1 aliphatic rings. The predicted molar refractivity (Wildman–Crippen MR) is 113 cm³/mol. The van der Waals surface area contributed by atoms with E-state index in [9.17, 15) is 9.90 Å². The van der Waals surface area contributed by atoms with Crippen LogP contribution in [0.25, 0.3) is 11.6 Å². The molecular formula is C23H27NO5. The van der Waals surface area contributed by atoms with Crippen molar-refractivity contribution in [3.8, 4) is 17.2 Å². The first-order chi connectivity index (χ1) is 14.1. The number of rotatable bonds is 9. The van der Waals surface area contributed by atoms with E-state index in [4.69, 9.17) is 14.2 Å². The lowest BCUT2D eigenvalue weighted by atomic mass is 10.0. The Morgan fingerprint density at radius 3 is 2.45 bits per heavy atom. The summed E-state index contributed by atoms with van der Waals surface area (Å²) in [7, 11) is 3.07. The van der Waals surface area contributed by atoms with Gasteiger partial charge in [-0.05, 0) is 55.8 Å². The van der Waals surface area contributed by atoms with Crippen molar-refractivity contribution in [1.29, 1.82) is 0 Å². The van der Waals surface area contributed by atoms with Gasteiger partial charge in [0.25, 0.3) is 0 Å². The van der Waals surface area contributed by atoms with Crippen molar-refractivity contribution < 1.29 is 24.1 Å². The van der Waals surface area contributed by atoms with E-state index >= 15 is 0 Å². The van der Waals surface area contributed by atoms with E-state index in [0.29, 0.717) is 29.4 Å². The van der Waals surface area contributed by atoms with E-state index in [-0.39, 0.29) is 5.57 Å². The second-order valence-corrected chi connectivity index (χ2v) is 6.87. The van der Waals surface area contributed by atoms with Crippen LogP contribution in [0.5, 0.6) is 17.2 Å². The summed E-state index contributed by atoms with van der Waals surface area (Å²) in [5.41, 5.74) is 1.41. The first kappa shape index (κ1) is 20.7. The van der Waals surface area contributed by atoms with Crippen LogP contribution in [0.3, 0.4) is 0 Å². The summed E-state index contributed by atoms with van der Waals surface area (Å²) in [6.45, 7) is 3.68. The standard InChI is InChI=1S/C23H27NO5/c1-27-21-10-9-17(16-22(21)28-2)19(23(25)26)15-18-7-3-4-8-20(18)29-14-13-24-11-5-6-12-24/h3-4,7-10,15-16H,5-6,11-14H2,1-2H3,(H,25,26)/b19-15-. The van der Waals surface area contributed by atoms with Gasteiger partial charge in [0, 0.05) is 12.1 Å². The van der Waals surface area contributed by atoms with E-state index in [2.05, 4.69) is 4.90 Å². The van der Waals surface area contributed by atoms with Gasteiger partial charge in [0.05, 0.1) is 19.8 Å². The van der Waals surface area contributed by atoms with Crippen LogP contribution < -0.4 is 14.2 Å². The van der Waals surface area contributed by atoms with Crippen LogP contribution in [0, 0.1) is 0 Å². The fourth-order valence-electron chi connectivity index (χ4n) is 3.45. The van der Waals surface area contributed by atoms with Gasteiger partial charge in [-0.2, -0.15) is 0 Å². The molecule has 1 heterocycles. The minimum absolute atomic E-state index is 0.154. The highest BCUT2D eigenvalue weighted by Gasteiger charge is 2.16. The van der Waals surface area contributed by atoms with E-state index in [0.717, 1.165) is 25.2 Å². The van der Waals surface area contributed by atoms with Crippen LogP contribution in [0.2, 0.25) is 0 Å². The van der Waals surface area contributed by atoms with Crippen LogP contribution in [0.1, 0.15) is 24.0 Å². The zero-order valence-corrected chi connectivity index (χ0v) is 16.9. The Hall–Kier alpha value is -2.99. The van der Waals surface area contributed by atoms with E-state index in [1.165, 1.54) is 20.0 Å². The molecule has 0 amide bonds. The fraction of sp³-hybridized carbons (Fsp3) is 0.348. The molecule has 154 valence electrons. The Labute approximate surface area is 171 Å². The number of hydrogen-bond donors (Lipinski definition) is 1. The molecule has 1 aliphatic heterocycles. The number of aliphatic carboxylic acids is 1. The highest BCUT2D eigenvalue weighted by atomic mass is 16.5. The molecule has 0 radical (unpaired) electrons. The molecule has 0 atom stereocenters. The molecule has 3 rings (SSSR count). The molecule has 0 bridgehead atoms. The van der Waals surface area contributed by atoms with Crippen molar-refractivity contribution in [3.05, 3.63) is 53.6 Å².